The molecule has 0 aliphatic carbocycles. The number of thiocarbonyl (C=S) groups is 1. The fourth-order valence-corrected chi connectivity index (χ4v) is 3.81. The lowest BCUT2D eigenvalue weighted by atomic mass is 10.2. The number of nitrogens with one attached hydrogen (secondary N) is 2. The van der Waals surface area contributed by atoms with Crippen molar-refractivity contribution < 1.29 is 17.6 Å². The van der Waals surface area contributed by atoms with E-state index in [0.29, 0.717) is 28.1 Å². The highest BCUT2D eigenvalue weighted by atomic mass is 35.5. The summed E-state index contributed by atoms with van der Waals surface area (Å²) in [5, 5.41) is 15.3. The lowest BCUT2D eigenvalue weighted by Crippen LogP contribution is -2.19. The quantitative estimate of drug-likeness (QED) is 0.142. The molecule has 0 unspecified atom stereocenters. The van der Waals surface area contributed by atoms with Gasteiger partial charge in [0, 0.05) is 45.7 Å². The average Bonchev–Trinajstić information content (AvgIpc) is 3.41. The average molecular weight is 529 g/mol. The Morgan fingerprint density at radius 3 is 2.35 bits per heavy atom. The van der Waals surface area contributed by atoms with Crippen molar-refractivity contribution in [2.45, 2.75) is 13.1 Å². The third-order valence-corrected chi connectivity index (χ3v) is 5.60. The maximum absolute atomic E-state index is 13.9. The molecule has 0 fully saturated rings. The summed E-state index contributed by atoms with van der Waals surface area (Å²) in [6.45, 7) is -0.101. The Labute approximate surface area is 206 Å². The SMILES string of the molecule is Fc1cc(F)c(Cn2cc(NC(=S)Nc3ccn(Cc4c(Cl)cccc4Cl)n3)cn2)c(F)c1F. The van der Waals surface area contributed by atoms with E-state index in [2.05, 4.69) is 20.8 Å². The molecule has 2 aromatic heterocycles. The zero-order chi connectivity index (χ0) is 24.4. The second-order valence-electron chi connectivity index (χ2n) is 7.05. The van der Waals surface area contributed by atoms with Crippen LogP contribution in [0, 0.1) is 23.3 Å². The smallest absolute Gasteiger partial charge is 0.194 e. The molecule has 6 nitrogen and oxygen atoms in total. The molecule has 0 aliphatic rings. The molecule has 0 amide bonds. The fourth-order valence-electron chi connectivity index (χ4n) is 3.07. The van der Waals surface area contributed by atoms with Crippen LogP contribution in [0.5, 0.6) is 0 Å². The first-order valence-electron chi connectivity index (χ1n) is 9.60. The van der Waals surface area contributed by atoms with E-state index in [9.17, 15) is 17.6 Å². The first-order chi connectivity index (χ1) is 16.2. The van der Waals surface area contributed by atoms with Crippen LogP contribution in [0.2, 0.25) is 10.0 Å². The third kappa shape index (κ3) is 5.32. The van der Waals surface area contributed by atoms with Gasteiger partial charge in [-0.1, -0.05) is 29.3 Å². The molecule has 0 bridgehead atoms. The Morgan fingerprint density at radius 2 is 1.62 bits per heavy atom. The number of halogens is 6. The van der Waals surface area contributed by atoms with Crippen molar-refractivity contribution in [2.75, 3.05) is 10.6 Å². The van der Waals surface area contributed by atoms with E-state index >= 15 is 0 Å². The van der Waals surface area contributed by atoms with Crippen molar-refractivity contribution in [3.05, 3.63) is 93.4 Å². The Morgan fingerprint density at radius 1 is 0.912 bits per heavy atom. The first-order valence-corrected chi connectivity index (χ1v) is 10.8. The zero-order valence-electron chi connectivity index (χ0n) is 17.0. The van der Waals surface area contributed by atoms with E-state index in [0.717, 1.165) is 10.2 Å². The standard InChI is InChI=1S/C21H14Cl2F4N6S/c22-14-2-1-3-15(23)12(14)9-32-5-4-18(31-32)30-21(34)29-11-7-28-33(8-11)10-13-16(24)6-17(25)20(27)19(13)26/h1-8H,9-10H2,(H2,29,30,31,34). The molecular weight excluding hydrogens is 515 g/mol. The van der Waals surface area contributed by atoms with Crippen LogP contribution < -0.4 is 10.6 Å². The summed E-state index contributed by atoms with van der Waals surface area (Å²) < 4.78 is 57.0. The molecular formula is C21H14Cl2F4N6S. The Kier molecular flexibility index (Phi) is 7.05. The fraction of sp³-hybridized carbons (Fsp3) is 0.0952. The molecule has 0 saturated heterocycles. The van der Waals surface area contributed by atoms with E-state index in [4.69, 9.17) is 35.4 Å². The predicted octanol–water partition coefficient (Wildman–Crippen LogP) is 5.85. The molecule has 176 valence electrons. The van der Waals surface area contributed by atoms with Gasteiger partial charge in [0.25, 0.3) is 0 Å². The number of aromatic nitrogens is 4. The first kappa shape index (κ1) is 24.0. The van der Waals surface area contributed by atoms with Crippen LogP contribution in [0.15, 0.2) is 48.9 Å². The molecule has 0 saturated carbocycles. The number of hydrogen-bond donors (Lipinski definition) is 2. The van der Waals surface area contributed by atoms with Crippen LogP contribution in [-0.2, 0) is 13.1 Å². The van der Waals surface area contributed by atoms with Gasteiger partial charge >= 0.3 is 0 Å². The monoisotopic (exact) mass is 528 g/mol. The maximum atomic E-state index is 13.9. The highest BCUT2D eigenvalue weighted by Crippen LogP contribution is 2.25. The van der Waals surface area contributed by atoms with E-state index in [1.54, 1.807) is 35.1 Å². The Bertz CT molecular complexity index is 1350. The number of hydrogen-bond acceptors (Lipinski definition) is 3. The molecule has 4 rings (SSSR count). The lowest BCUT2D eigenvalue weighted by Gasteiger charge is -2.08. The van der Waals surface area contributed by atoms with Gasteiger partial charge in [0.2, 0.25) is 0 Å². The summed E-state index contributed by atoms with van der Waals surface area (Å²) in [7, 11) is 0. The highest BCUT2D eigenvalue weighted by molar-refractivity contribution is 7.80. The normalized spacial score (nSPS) is 11.0. The van der Waals surface area contributed by atoms with Gasteiger partial charge in [-0.2, -0.15) is 10.2 Å². The molecule has 13 heteroatoms. The van der Waals surface area contributed by atoms with Crippen molar-refractivity contribution in [1.29, 1.82) is 0 Å². The van der Waals surface area contributed by atoms with E-state index in [-0.39, 0.29) is 11.2 Å². The molecule has 2 heterocycles. The minimum Gasteiger partial charge on any atom is -0.330 e. The second-order valence-corrected chi connectivity index (χ2v) is 8.27. The van der Waals surface area contributed by atoms with Crippen LogP contribution in [-0.4, -0.2) is 24.7 Å². The maximum Gasteiger partial charge on any atom is 0.194 e. The van der Waals surface area contributed by atoms with Gasteiger partial charge in [-0.25, -0.2) is 17.6 Å². The summed E-state index contributed by atoms with van der Waals surface area (Å²) in [5.41, 5.74) is 0.462. The van der Waals surface area contributed by atoms with Crippen molar-refractivity contribution in [3.8, 4) is 0 Å². The number of rotatable bonds is 6. The van der Waals surface area contributed by atoms with E-state index in [1.165, 1.54) is 12.4 Å². The molecule has 0 aliphatic heterocycles. The van der Waals surface area contributed by atoms with Crippen LogP contribution in [0.3, 0.4) is 0 Å². The zero-order valence-corrected chi connectivity index (χ0v) is 19.3. The van der Waals surface area contributed by atoms with Gasteiger partial charge in [0.1, 0.15) is 5.82 Å². The van der Waals surface area contributed by atoms with Crippen LogP contribution in [0.4, 0.5) is 29.1 Å². The molecule has 4 aromatic rings. The molecule has 0 atom stereocenters. The lowest BCUT2D eigenvalue weighted by molar-refractivity contribution is 0.420. The molecule has 2 aromatic carbocycles. The molecule has 0 spiro atoms. The van der Waals surface area contributed by atoms with Crippen molar-refractivity contribution in [2.24, 2.45) is 0 Å². The molecule has 0 radical (unpaired) electrons. The van der Waals surface area contributed by atoms with Crippen LogP contribution >= 0.6 is 35.4 Å². The summed E-state index contributed by atoms with van der Waals surface area (Å²) in [4.78, 5) is 0. The number of anilines is 2. The highest BCUT2D eigenvalue weighted by Gasteiger charge is 2.19. The van der Waals surface area contributed by atoms with Crippen LogP contribution in [0.25, 0.3) is 0 Å². The third-order valence-electron chi connectivity index (χ3n) is 4.68. The van der Waals surface area contributed by atoms with Gasteiger partial charge in [-0.05, 0) is 24.4 Å². The van der Waals surface area contributed by atoms with Crippen molar-refractivity contribution in [1.82, 2.24) is 19.6 Å². The van der Waals surface area contributed by atoms with Gasteiger partial charge in [0.15, 0.2) is 28.4 Å². The van der Waals surface area contributed by atoms with Crippen LogP contribution in [0.1, 0.15) is 11.1 Å². The van der Waals surface area contributed by atoms with Crippen molar-refractivity contribution >= 4 is 52.0 Å². The summed E-state index contributed by atoms with van der Waals surface area (Å²) in [6, 6.07) is 7.20. The Hall–Kier alpha value is -3.15. The summed E-state index contributed by atoms with van der Waals surface area (Å²) >= 11 is 17.6. The van der Waals surface area contributed by atoms with Gasteiger partial charge in [-0.3, -0.25) is 9.36 Å². The van der Waals surface area contributed by atoms with E-state index < -0.39 is 35.4 Å². The predicted molar refractivity (Wildman–Crippen MR) is 125 cm³/mol. The largest absolute Gasteiger partial charge is 0.330 e. The number of benzene rings is 2. The van der Waals surface area contributed by atoms with E-state index in [1.807, 2.05) is 0 Å². The Balaban J connectivity index is 1.37. The number of nitrogens with zero attached hydrogens (tertiary/aromatic N) is 4. The minimum absolute atomic E-state index is 0.172. The minimum atomic E-state index is -1.75. The molecule has 34 heavy (non-hydrogen) atoms. The molecule has 2 N–H and O–H groups in total. The second kappa shape index (κ2) is 10.00. The van der Waals surface area contributed by atoms with Gasteiger partial charge in [0.05, 0.1) is 25.0 Å². The van der Waals surface area contributed by atoms with Gasteiger partial charge in [-0.15, -0.1) is 0 Å². The summed E-state index contributed by atoms with van der Waals surface area (Å²) in [6.07, 6.45) is 4.46. The van der Waals surface area contributed by atoms with Crippen molar-refractivity contribution in [3.63, 3.8) is 0 Å². The summed E-state index contributed by atoms with van der Waals surface area (Å²) in [5.74, 6) is -5.72. The topological polar surface area (TPSA) is 59.7 Å². The van der Waals surface area contributed by atoms with Gasteiger partial charge < -0.3 is 10.6 Å².